The van der Waals surface area contributed by atoms with Crippen LogP contribution in [0.1, 0.15) is 28.1 Å². The molecule has 5 nitrogen and oxygen atoms in total. The summed E-state index contributed by atoms with van der Waals surface area (Å²) in [6.07, 6.45) is 5.02. The van der Waals surface area contributed by atoms with Gasteiger partial charge in [0.25, 0.3) is 0 Å². The Hall–Kier alpha value is -2.76. The monoisotopic (exact) mass is 374 g/mol. The lowest BCUT2D eigenvalue weighted by molar-refractivity contribution is 0.0314. The second-order valence-corrected chi connectivity index (χ2v) is 7.38. The van der Waals surface area contributed by atoms with Crippen molar-refractivity contribution in [2.45, 2.75) is 19.4 Å². The number of Topliss-reactive ketones (excluding diaryl/α,β-unsaturated/α-hetero) is 1. The Kier molecular flexibility index (Phi) is 4.55. The van der Waals surface area contributed by atoms with Crippen molar-refractivity contribution in [1.29, 1.82) is 0 Å². The highest BCUT2D eigenvalue weighted by Crippen LogP contribution is 2.37. The molecule has 142 valence electrons. The van der Waals surface area contributed by atoms with Gasteiger partial charge in [-0.1, -0.05) is 12.1 Å². The van der Waals surface area contributed by atoms with Gasteiger partial charge in [0.1, 0.15) is 11.5 Å². The molecule has 0 saturated carbocycles. The summed E-state index contributed by atoms with van der Waals surface area (Å²) in [6.45, 7) is 4.14. The van der Waals surface area contributed by atoms with Crippen molar-refractivity contribution >= 4 is 5.78 Å². The third-order valence-corrected chi connectivity index (χ3v) is 5.55. The summed E-state index contributed by atoms with van der Waals surface area (Å²) in [5.41, 5.74) is 5.14. The maximum Gasteiger partial charge on any atom is 0.163 e. The summed E-state index contributed by atoms with van der Waals surface area (Å²) < 4.78 is 11.8. The minimum atomic E-state index is 0.239. The van der Waals surface area contributed by atoms with Gasteiger partial charge < -0.3 is 9.15 Å². The first-order valence-corrected chi connectivity index (χ1v) is 9.77. The SMILES string of the molecule is O=C1CCc2cc(-c3oc(CN4CCOCC4)cc3-c3ccncc3)ccc21. The van der Waals surface area contributed by atoms with Crippen LogP contribution >= 0.6 is 0 Å². The lowest BCUT2D eigenvalue weighted by Crippen LogP contribution is -2.35. The summed E-state index contributed by atoms with van der Waals surface area (Å²) in [5, 5.41) is 0. The number of aryl methyl sites for hydroxylation is 1. The number of carbonyl (C=O) groups is 1. The number of fused-ring (bicyclic) bond motifs is 1. The van der Waals surface area contributed by atoms with E-state index < -0.39 is 0 Å². The third kappa shape index (κ3) is 3.28. The number of hydrogen-bond donors (Lipinski definition) is 0. The van der Waals surface area contributed by atoms with E-state index >= 15 is 0 Å². The number of pyridine rings is 1. The quantitative estimate of drug-likeness (QED) is 0.692. The van der Waals surface area contributed by atoms with Crippen molar-refractivity contribution in [3.63, 3.8) is 0 Å². The predicted octanol–water partition coefficient (Wildman–Crippen LogP) is 3.97. The molecule has 0 bridgehead atoms. The van der Waals surface area contributed by atoms with Crippen molar-refractivity contribution in [3.05, 3.63) is 65.7 Å². The topological polar surface area (TPSA) is 55.6 Å². The standard InChI is InChI=1S/C23H22N2O3/c26-22-4-2-17-13-18(1-3-20(17)22)23-21(16-5-7-24-8-6-16)14-19(28-23)15-25-9-11-27-12-10-25/h1,3,5-8,13-14H,2,4,9-12,15H2. The van der Waals surface area contributed by atoms with E-state index in [2.05, 4.69) is 22.0 Å². The minimum absolute atomic E-state index is 0.239. The van der Waals surface area contributed by atoms with Gasteiger partial charge in [0.15, 0.2) is 5.78 Å². The Balaban J connectivity index is 1.54. The van der Waals surface area contributed by atoms with Crippen LogP contribution in [0.5, 0.6) is 0 Å². The van der Waals surface area contributed by atoms with Crippen LogP contribution in [0.3, 0.4) is 0 Å². The zero-order chi connectivity index (χ0) is 18.9. The zero-order valence-electron chi connectivity index (χ0n) is 15.7. The molecule has 5 heteroatoms. The van der Waals surface area contributed by atoms with E-state index in [1.165, 1.54) is 0 Å². The highest BCUT2D eigenvalue weighted by molar-refractivity contribution is 6.01. The van der Waals surface area contributed by atoms with Crippen molar-refractivity contribution in [1.82, 2.24) is 9.88 Å². The van der Waals surface area contributed by atoms with Gasteiger partial charge in [-0.3, -0.25) is 14.7 Å². The van der Waals surface area contributed by atoms with Crippen LogP contribution in [0.15, 0.2) is 53.2 Å². The van der Waals surface area contributed by atoms with Crippen molar-refractivity contribution in [2.75, 3.05) is 26.3 Å². The highest BCUT2D eigenvalue weighted by Gasteiger charge is 2.22. The largest absolute Gasteiger partial charge is 0.459 e. The zero-order valence-corrected chi connectivity index (χ0v) is 15.7. The van der Waals surface area contributed by atoms with Gasteiger partial charge in [0.05, 0.1) is 19.8 Å². The summed E-state index contributed by atoms with van der Waals surface area (Å²) in [5.74, 6) is 2.04. The van der Waals surface area contributed by atoms with Gasteiger partial charge in [-0.15, -0.1) is 0 Å². The van der Waals surface area contributed by atoms with E-state index in [1.54, 1.807) is 12.4 Å². The number of morpholine rings is 1. The van der Waals surface area contributed by atoms with Gasteiger partial charge in [-0.05, 0) is 41.8 Å². The average molecular weight is 374 g/mol. The molecule has 2 aromatic heterocycles. The van der Waals surface area contributed by atoms with Gasteiger partial charge in [-0.25, -0.2) is 0 Å². The Morgan fingerprint density at radius 3 is 2.57 bits per heavy atom. The maximum atomic E-state index is 12.0. The molecule has 1 aliphatic heterocycles. The number of furan rings is 1. The molecule has 0 spiro atoms. The molecule has 0 unspecified atom stereocenters. The smallest absolute Gasteiger partial charge is 0.163 e. The Bertz CT molecular complexity index is 1000. The van der Waals surface area contributed by atoms with Crippen LogP contribution in [-0.2, 0) is 17.7 Å². The van der Waals surface area contributed by atoms with Crippen molar-refractivity contribution < 1.29 is 13.9 Å². The van der Waals surface area contributed by atoms with E-state index in [0.29, 0.717) is 6.42 Å². The lowest BCUT2D eigenvalue weighted by Gasteiger charge is -2.25. The van der Waals surface area contributed by atoms with Crippen molar-refractivity contribution in [3.8, 4) is 22.5 Å². The fourth-order valence-corrected chi connectivity index (χ4v) is 4.06. The van der Waals surface area contributed by atoms with E-state index in [1.807, 2.05) is 24.3 Å². The van der Waals surface area contributed by atoms with Crippen LogP contribution in [0.25, 0.3) is 22.5 Å². The third-order valence-electron chi connectivity index (χ3n) is 5.55. The fraction of sp³-hybridized carbons (Fsp3) is 0.304. The molecular formula is C23H22N2O3. The van der Waals surface area contributed by atoms with Crippen LogP contribution in [0.4, 0.5) is 0 Å². The second-order valence-electron chi connectivity index (χ2n) is 7.38. The number of nitrogens with zero attached hydrogens (tertiary/aromatic N) is 2. The summed E-state index contributed by atoms with van der Waals surface area (Å²) in [6, 6.07) is 12.2. The number of hydrogen-bond acceptors (Lipinski definition) is 5. The van der Waals surface area contributed by atoms with Gasteiger partial charge in [0, 0.05) is 48.6 Å². The summed E-state index contributed by atoms with van der Waals surface area (Å²) in [7, 11) is 0. The normalized spacial score (nSPS) is 17.1. The number of benzene rings is 1. The molecule has 1 fully saturated rings. The van der Waals surface area contributed by atoms with Crippen LogP contribution in [0, 0.1) is 0 Å². The predicted molar refractivity (Wildman–Crippen MR) is 106 cm³/mol. The number of aromatic nitrogens is 1. The summed E-state index contributed by atoms with van der Waals surface area (Å²) in [4.78, 5) is 18.5. The Labute approximate surface area is 164 Å². The molecule has 28 heavy (non-hydrogen) atoms. The molecule has 3 heterocycles. The number of carbonyl (C=O) groups excluding carboxylic acids is 1. The molecule has 0 atom stereocenters. The van der Waals surface area contributed by atoms with Gasteiger partial charge in [-0.2, -0.15) is 0 Å². The van der Waals surface area contributed by atoms with Crippen LogP contribution < -0.4 is 0 Å². The van der Waals surface area contributed by atoms with E-state index in [0.717, 1.165) is 78.6 Å². The molecule has 2 aliphatic rings. The molecule has 1 aromatic carbocycles. The first kappa shape index (κ1) is 17.3. The van der Waals surface area contributed by atoms with Crippen LogP contribution in [-0.4, -0.2) is 42.0 Å². The highest BCUT2D eigenvalue weighted by atomic mass is 16.5. The maximum absolute atomic E-state index is 12.0. The number of rotatable bonds is 4. The fourth-order valence-electron chi connectivity index (χ4n) is 4.06. The van der Waals surface area contributed by atoms with E-state index in [9.17, 15) is 4.79 Å². The second kappa shape index (κ2) is 7.34. The number of ketones is 1. The molecule has 5 rings (SSSR count). The van der Waals surface area contributed by atoms with Gasteiger partial charge in [0.2, 0.25) is 0 Å². The van der Waals surface area contributed by atoms with E-state index in [-0.39, 0.29) is 5.78 Å². The molecule has 0 N–H and O–H groups in total. The molecule has 0 amide bonds. The Morgan fingerprint density at radius 2 is 1.75 bits per heavy atom. The average Bonchev–Trinajstić information content (AvgIpc) is 3.33. The molecule has 3 aromatic rings. The summed E-state index contributed by atoms with van der Waals surface area (Å²) >= 11 is 0. The molecule has 0 radical (unpaired) electrons. The first-order valence-electron chi connectivity index (χ1n) is 9.77. The minimum Gasteiger partial charge on any atom is -0.459 e. The van der Waals surface area contributed by atoms with Gasteiger partial charge >= 0.3 is 0 Å². The molecule has 1 aliphatic carbocycles. The van der Waals surface area contributed by atoms with E-state index in [4.69, 9.17) is 9.15 Å². The van der Waals surface area contributed by atoms with Crippen LogP contribution in [0.2, 0.25) is 0 Å². The Morgan fingerprint density at radius 1 is 0.929 bits per heavy atom. The molecule has 1 saturated heterocycles. The van der Waals surface area contributed by atoms with Crippen molar-refractivity contribution in [2.24, 2.45) is 0 Å². The lowest BCUT2D eigenvalue weighted by atomic mass is 9.99. The molecular weight excluding hydrogens is 352 g/mol. The number of ether oxygens (including phenoxy) is 1. The first-order chi connectivity index (χ1) is 13.8.